The van der Waals surface area contributed by atoms with Crippen molar-refractivity contribution in [3.63, 3.8) is 0 Å². The number of rotatable bonds is 8. The highest BCUT2D eigenvalue weighted by Crippen LogP contribution is 2.47. The van der Waals surface area contributed by atoms with Crippen LogP contribution in [0.2, 0.25) is 25.7 Å². The number of hydrogen-bond acceptors (Lipinski definition) is 11. The van der Waals surface area contributed by atoms with Crippen molar-refractivity contribution in [3.05, 3.63) is 34.5 Å². The number of nitrogens with zero attached hydrogens (tertiary/aromatic N) is 6. The van der Waals surface area contributed by atoms with E-state index in [1.807, 2.05) is 14.1 Å². The van der Waals surface area contributed by atoms with Crippen LogP contribution in [0.25, 0.3) is 32.2 Å². The number of amides is 1. The van der Waals surface area contributed by atoms with Crippen LogP contribution in [0, 0.1) is 23.0 Å². The Kier molecular flexibility index (Phi) is 9.53. The summed E-state index contributed by atoms with van der Waals surface area (Å²) in [5.41, 5.74) is 0.454. The van der Waals surface area contributed by atoms with Gasteiger partial charge in [-0.15, -0.1) is 11.3 Å². The number of nitriles is 1. The number of aromatic nitrogens is 3. The van der Waals surface area contributed by atoms with Crippen molar-refractivity contribution in [2.24, 2.45) is 0 Å². The second kappa shape index (κ2) is 13.3. The van der Waals surface area contributed by atoms with Crippen LogP contribution in [-0.2, 0) is 22.7 Å². The summed E-state index contributed by atoms with van der Waals surface area (Å²) in [6.07, 6.45) is 1.08. The van der Waals surface area contributed by atoms with E-state index in [9.17, 15) is 10.1 Å². The molecule has 2 aliphatic heterocycles. The molecule has 1 fully saturated rings. The highest BCUT2D eigenvalue weighted by Gasteiger charge is 2.37. The molecule has 1 aromatic carbocycles. The third-order valence-electron chi connectivity index (χ3n) is 9.11. The minimum Gasteiger partial charge on any atom is -0.477 e. The van der Waals surface area contributed by atoms with E-state index in [4.69, 9.17) is 24.2 Å². The van der Waals surface area contributed by atoms with Gasteiger partial charge in [0.15, 0.2) is 11.6 Å². The van der Waals surface area contributed by atoms with Crippen LogP contribution in [-0.4, -0.2) is 79.0 Å². The van der Waals surface area contributed by atoms with Crippen molar-refractivity contribution in [2.75, 3.05) is 37.5 Å². The molecule has 0 aliphatic carbocycles. The third-order valence-corrected chi connectivity index (χ3v) is 11.9. The number of carbonyl (C=O) groups is 1. The average molecular weight is 724 g/mol. The Morgan fingerprint density at radius 2 is 1.92 bits per heavy atom. The number of nitrogens with one attached hydrogen (secondary N) is 1. The number of anilines is 2. The summed E-state index contributed by atoms with van der Waals surface area (Å²) >= 11 is 0.860. The van der Waals surface area contributed by atoms with Gasteiger partial charge >= 0.3 is 6.09 Å². The second-order valence-electron chi connectivity index (χ2n) is 15.3. The maximum Gasteiger partial charge on any atom is 0.412 e. The summed E-state index contributed by atoms with van der Waals surface area (Å²) in [7, 11) is 2.60. The van der Waals surface area contributed by atoms with Gasteiger partial charge in [0.1, 0.15) is 22.2 Å². The molecule has 6 rings (SSSR count). The fourth-order valence-corrected chi connectivity index (χ4v) is 8.42. The van der Waals surface area contributed by atoms with E-state index in [0.717, 1.165) is 30.0 Å². The molecule has 0 spiro atoms. The molecule has 50 heavy (non-hydrogen) atoms. The lowest BCUT2D eigenvalue weighted by Gasteiger charge is -2.29. The molecule has 4 aromatic rings. The molecule has 2 atom stereocenters. The first kappa shape index (κ1) is 35.8. The Labute approximate surface area is 295 Å². The van der Waals surface area contributed by atoms with E-state index in [0.29, 0.717) is 41.5 Å². The zero-order valence-corrected chi connectivity index (χ0v) is 31.8. The minimum absolute atomic E-state index is 0.0397. The SMILES string of the molecule is C[C@H]1[C@@H](N(C)C)CCN1c1nc(OCC[Si](C)(C)C)c2c3c(c(-c4ncc(F)c5sc(NC(=O)OC(C)(C)C)c(C#N)c45)c(F)c2n1)COC3. The molecule has 15 heteroatoms. The van der Waals surface area contributed by atoms with Gasteiger partial charge in [0.25, 0.3) is 0 Å². The predicted octanol–water partition coefficient (Wildman–Crippen LogP) is 7.68. The number of ether oxygens (including phenoxy) is 3. The number of carbonyl (C=O) groups excluding carboxylic acids is 1. The zero-order valence-electron chi connectivity index (χ0n) is 30.0. The van der Waals surface area contributed by atoms with Gasteiger partial charge in [-0.05, 0) is 65.4 Å². The number of likely N-dealkylation sites (N-methyl/N-ethyl adjacent to an activating group) is 1. The quantitative estimate of drug-likeness (QED) is 0.181. The second-order valence-corrected chi connectivity index (χ2v) is 21.9. The van der Waals surface area contributed by atoms with Crippen molar-refractivity contribution < 1.29 is 27.8 Å². The fourth-order valence-electron chi connectivity index (χ4n) is 6.67. The first-order valence-corrected chi connectivity index (χ1v) is 21.2. The molecule has 3 aromatic heterocycles. The highest BCUT2D eigenvalue weighted by molar-refractivity contribution is 7.23. The van der Waals surface area contributed by atoms with Crippen molar-refractivity contribution >= 4 is 57.4 Å². The maximum absolute atomic E-state index is 17.4. The Hall–Kier alpha value is -3.97. The monoisotopic (exact) mass is 723 g/mol. The molecule has 266 valence electrons. The normalized spacial score (nSPS) is 17.9. The molecular weight excluding hydrogens is 681 g/mol. The van der Waals surface area contributed by atoms with E-state index in [1.54, 1.807) is 20.8 Å². The van der Waals surface area contributed by atoms with E-state index < -0.39 is 31.4 Å². The first-order valence-electron chi connectivity index (χ1n) is 16.7. The lowest BCUT2D eigenvalue weighted by Crippen LogP contribution is -2.40. The summed E-state index contributed by atoms with van der Waals surface area (Å²) < 4.78 is 50.5. The largest absolute Gasteiger partial charge is 0.477 e. The third kappa shape index (κ3) is 6.73. The molecule has 0 unspecified atom stereocenters. The van der Waals surface area contributed by atoms with Crippen LogP contribution in [0.4, 0.5) is 24.5 Å². The van der Waals surface area contributed by atoms with Crippen LogP contribution >= 0.6 is 11.3 Å². The number of fused-ring (bicyclic) bond motifs is 4. The lowest BCUT2D eigenvalue weighted by molar-refractivity contribution is 0.0636. The molecule has 0 saturated carbocycles. The van der Waals surface area contributed by atoms with Crippen LogP contribution in [0.5, 0.6) is 5.88 Å². The Morgan fingerprint density at radius 3 is 2.56 bits per heavy atom. The van der Waals surface area contributed by atoms with Crippen molar-refractivity contribution in [3.8, 4) is 23.2 Å². The van der Waals surface area contributed by atoms with Gasteiger partial charge in [-0.1, -0.05) is 19.6 Å². The number of thiophene rings is 1. The minimum atomic E-state index is -1.48. The van der Waals surface area contributed by atoms with E-state index in [-0.39, 0.29) is 62.7 Å². The topological polar surface area (TPSA) is 126 Å². The highest BCUT2D eigenvalue weighted by atomic mass is 32.1. The summed E-state index contributed by atoms with van der Waals surface area (Å²) in [5, 5.41) is 13.5. The summed E-state index contributed by atoms with van der Waals surface area (Å²) in [5.74, 6) is -0.755. The molecule has 0 bridgehead atoms. The van der Waals surface area contributed by atoms with E-state index in [1.165, 1.54) is 0 Å². The number of halogens is 2. The number of hydrogen-bond donors (Lipinski definition) is 1. The maximum atomic E-state index is 17.4. The van der Waals surface area contributed by atoms with Crippen LogP contribution in [0.1, 0.15) is 50.8 Å². The van der Waals surface area contributed by atoms with Crippen LogP contribution in [0.3, 0.4) is 0 Å². The van der Waals surface area contributed by atoms with Crippen molar-refractivity contribution in [1.29, 1.82) is 5.26 Å². The smallest absolute Gasteiger partial charge is 0.412 e. The Balaban J connectivity index is 1.58. The Bertz CT molecular complexity index is 2040. The van der Waals surface area contributed by atoms with Crippen molar-refractivity contribution in [1.82, 2.24) is 19.9 Å². The number of pyridine rings is 1. The molecule has 1 amide bonds. The summed E-state index contributed by atoms with van der Waals surface area (Å²) in [6.45, 7) is 15.3. The molecule has 2 aliphatic rings. The average Bonchev–Trinajstić information content (AvgIpc) is 3.73. The van der Waals surface area contributed by atoms with Gasteiger partial charge in [-0.2, -0.15) is 10.2 Å². The predicted molar refractivity (Wildman–Crippen MR) is 194 cm³/mol. The van der Waals surface area contributed by atoms with Gasteiger partial charge in [-0.3, -0.25) is 10.3 Å². The number of benzene rings is 1. The van der Waals surface area contributed by atoms with E-state index in [2.05, 4.69) is 52.7 Å². The van der Waals surface area contributed by atoms with Crippen LogP contribution in [0.15, 0.2) is 6.20 Å². The molecule has 1 saturated heterocycles. The van der Waals surface area contributed by atoms with E-state index >= 15 is 8.78 Å². The first-order chi connectivity index (χ1) is 23.5. The molecule has 1 N–H and O–H groups in total. The molecule has 5 heterocycles. The molecular formula is C35H43F2N7O4SSi. The van der Waals surface area contributed by atoms with Gasteiger partial charge in [0.05, 0.1) is 47.4 Å². The van der Waals surface area contributed by atoms with Crippen molar-refractivity contribution in [2.45, 2.75) is 90.7 Å². The van der Waals surface area contributed by atoms with Gasteiger partial charge in [0.2, 0.25) is 11.8 Å². The Morgan fingerprint density at radius 1 is 1.20 bits per heavy atom. The van der Waals surface area contributed by atoms with Gasteiger partial charge in [0, 0.05) is 37.7 Å². The molecule has 11 nitrogen and oxygen atoms in total. The van der Waals surface area contributed by atoms with Gasteiger partial charge < -0.3 is 24.0 Å². The molecule has 0 radical (unpaired) electrons. The zero-order chi connectivity index (χ0) is 36.3. The lowest BCUT2D eigenvalue weighted by atomic mass is 9.93. The van der Waals surface area contributed by atoms with Gasteiger partial charge in [-0.25, -0.2) is 18.6 Å². The standard InChI is InChI=1S/C35H43F2N7O4SSi/c1-18-23(43(5)6)10-11-44(18)33-40-29-26(31(41-33)47-12-13-50(7,8)9)21-17-46-16-20(21)24(27(29)37)28-25-19(14-38)32(42-34(45)48-35(2,3)4)49-30(25)22(36)15-39-28/h15,18,23H,10-13,16-17H2,1-9H3,(H,42,45)/t18-,23-/m0/s1. The summed E-state index contributed by atoms with van der Waals surface area (Å²) in [6, 6.07) is 3.27. The van der Waals surface area contributed by atoms with Crippen LogP contribution < -0.4 is 15.0 Å². The fraction of sp³-hybridized carbons (Fsp3) is 0.514. The summed E-state index contributed by atoms with van der Waals surface area (Å²) in [4.78, 5) is 31.1.